The molecule has 0 spiro atoms. The number of allylic oxidation sites excluding steroid dienone is 2. The van der Waals surface area contributed by atoms with E-state index in [1.54, 1.807) is 12.1 Å². The second kappa shape index (κ2) is 8.21. The number of phenolic OH excluding ortho intramolecular Hbond substituents is 1. The molecule has 29 heavy (non-hydrogen) atoms. The van der Waals surface area contributed by atoms with Crippen molar-refractivity contribution in [2.24, 2.45) is 17.8 Å². The summed E-state index contributed by atoms with van der Waals surface area (Å²) in [6.45, 7) is 4.57. The Kier molecular flexibility index (Phi) is 5.66. The van der Waals surface area contributed by atoms with Gasteiger partial charge in [-0.2, -0.15) is 0 Å². The van der Waals surface area contributed by atoms with Gasteiger partial charge in [-0.15, -0.1) is 0 Å². The average molecular weight is 397 g/mol. The molecule has 1 saturated carbocycles. The number of nitrogens with one attached hydrogen (secondary N) is 1. The number of carbonyl (C=O) groups excluding carboxylic acids is 2. The standard InChI is InChI=1S/C24H32N2O3/c1-3-18-21-22(24(29)19(4-2)23(18)28)26(14-16-9-11-17(27)12-10-16)20(25-21)13-15-7-5-6-8-15/h9-12,15,18-20,25,27H,3-8,13-14H2,1-2H3. The minimum atomic E-state index is -0.520. The second-order valence-electron chi connectivity index (χ2n) is 8.79. The second-order valence-corrected chi connectivity index (χ2v) is 8.79. The van der Waals surface area contributed by atoms with Crippen LogP contribution in [0.5, 0.6) is 5.75 Å². The van der Waals surface area contributed by atoms with Crippen molar-refractivity contribution < 1.29 is 14.7 Å². The number of benzene rings is 1. The first-order valence-electron chi connectivity index (χ1n) is 11.2. The fourth-order valence-corrected chi connectivity index (χ4v) is 5.38. The van der Waals surface area contributed by atoms with Crippen molar-refractivity contribution in [1.82, 2.24) is 10.2 Å². The van der Waals surface area contributed by atoms with E-state index in [1.807, 2.05) is 26.0 Å². The quantitative estimate of drug-likeness (QED) is 0.708. The monoisotopic (exact) mass is 396 g/mol. The molecule has 0 radical (unpaired) electrons. The highest BCUT2D eigenvalue weighted by Gasteiger charge is 2.48. The summed E-state index contributed by atoms with van der Waals surface area (Å²) in [6.07, 6.45) is 7.40. The van der Waals surface area contributed by atoms with Crippen molar-refractivity contribution in [1.29, 1.82) is 0 Å². The highest BCUT2D eigenvalue weighted by molar-refractivity contribution is 6.15. The number of hydrogen-bond donors (Lipinski definition) is 2. The molecule has 1 aromatic rings. The zero-order valence-electron chi connectivity index (χ0n) is 17.5. The van der Waals surface area contributed by atoms with E-state index in [-0.39, 0.29) is 29.4 Å². The Balaban J connectivity index is 1.69. The Morgan fingerprint density at radius 3 is 2.31 bits per heavy atom. The molecule has 0 amide bonds. The van der Waals surface area contributed by atoms with Crippen LogP contribution in [0.3, 0.4) is 0 Å². The van der Waals surface area contributed by atoms with Gasteiger partial charge < -0.3 is 15.3 Å². The van der Waals surface area contributed by atoms with Gasteiger partial charge in [-0.1, -0.05) is 51.7 Å². The van der Waals surface area contributed by atoms with Crippen molar-refractivity contribution in [3.05, 3.63) is 41.2 Å². The summed E-state index contributed by atoms with van der Waals surface area (Å²) < 4.78 is 0. The van der Waals surface area contributed by atoms with Gasteiger partial charge in [0.25, 0.3) is 0 Å². The number of carbonyl (C=O) groups is 2. The Hall–Kier alpha value is -2.30. The maximum absolute atomic E-state index is 13.3. The van der Waals surface area contributed by atoms with Crippen LogP contribution in [0.25, 0.3) is 0 Å². The van der Waals surface area contributed by atoms with E-state index in [0.29, 0.717) is 18.9 Å². The van der Waals surface area contributed by atoms with Crippen LogP contribution in [0, 0.1) is 17.8 Å². The van der Waals surface area contributed by atoms with Gasteiger partial charge in [0.1, 0.15) is 11.4 Å². The van der Waals surface area contributed by atoms with Gasteiger partial charge in [0.05, 0.1) is 23.7 Å². The molecule has 5 nitrogen and oxygen atoms in total. The minimum Gasteiger partial charge on any atom is -0.508 e. The highest BCUT2D eigenvalue weighted by atomic mass is 16.3. The molecule has 3 atom stereocenters. The van der Waals surface area contributed by atoms with Crippen LogP contribution in [0.2, 0.25) is 0 Å². The summed E-state index contributed by atoms with van der Waals surface area (Å²) in [4.78, 5) is 28.5. The third-order valence-corrected chi connectivity index (χ3v) is 6.96. The van der Waals surface area contributed by atoms with E-state index >= 15 is 0 Å². The molecule has 0 aromatic heterocycles. The largest absolute Gasteiger partial charge is 0.508 e. The van der Waals surface area contributed by atoms with Crippen LogP contribution in [0.15, 0.2) is 35.7 Å². The van der Waals surface area contributed by atoms with Crippen LogP contribution in [0.1, 0.15) is 64.4 Å². The molecule has 5 heteroatoms. The number of ketones is 2. The number of Topliss-reactive ketones (excluding diaryl/α,β-unsaturated/α-hetero) is 2. The molecular formula is C24H32N2O3. The molecular weight excluding hydrogens is 364 g/mol. The van der Waals surface area contributed by atoms with Crippen molar-refractivity contribution >= 4 is 11.6 Å². The first-order valence-corrected chi connectivity index (χ1v) is 11.2. The van der Waals surface area contributed by atoms with E-state index in [2.05, 4.69) is 10.2 Å². The number of phenols is 1. The Labute approximate surface area is 173 Å². The zero-order chi connectivity index (χ0) is 20.5. The number of nitrogens with zero attached hydrogens (tertiary/aromatic N) is 1. The van der Waals surface area contributed by atoms with E-state index in [4.69, 9.17) is 0 Å². The molecule has 4 rings (SSSR count). The first kappa shape index (κ1) is 20.0. The van der Waals surface area contributed by atoms with E-state index < -0.39 is 5.92 Å². The molecule has 3 aliphatic rings. The average Bonchev–Trinajstić information content (AvgIpc) is 3.33. The maximum Gasteiger partial charge on any atom is 0.191 e. The normalized spacial score (nSPS) is 27.5. The van der Waals surface area contributed by atoms with Crippen LogP contribution in [-0.4, -0.2) is 27.7 Å². The Bertz CT molecular complexity index is 808. The summed E-state index contributed by atoms with van der Waals surface area (Å²) in [5, 5.41) is 13.2. The molecule has 156 valence electrons. The highest BCUT2D eigenvalue weighted by Crippen LogP contribution is 2.40. The molecule has 1 aliphatic heterocycles. The van der Waals surface area contributed by atoms with Crippen LogP contribution < -0.4 is 5.32 Å². The van der Waals surface area contributed by atoms with Gasteiger partial charge in [-0.25, -0.2) is 0 Å². The Morgan fingerprint density at radius 1 is 1.03 bits per heavy atom. The van der Waals surface area contributed by atoms with Crippen molar-refractivity contribution in [2.45, 2.75) is 71.5 Å². The fourth-order valence-electron chi connectivity index (χ4n) is 5.38. The van der Waals surface area contributed by atoms with E-state index in [0.717, 1.165) is 29.8 Å². The number of aromatic hydroxyl groups is 1. The lowest BCUT2D eigenvalue weighted by Gasteiger charge is -2.32. The number of hydrogen-bond acceptors (Lipinski definition) is 5. The van der Waals surface area contributed by atoms with Crippen molar-refractivity contribution in [3.8, 4) is 5.75 Å². The number of rotatable bonds is 6. The lowest BCUT2D eigenvalue weighted by molar-refractivity contribution is -0.135. The molecule has 3 unspecified atom stereocenters. The van der Waals surface area contributed by atoms with Gasteiger partial charge in [0, 0.05) is 6.54 Å². The predicted molar refractivity (Wildman–Crippen MR) is 112 cm³/mol. The molecule has 2 aliphatic carbocycles. The van der Waals surface area contributed by atoms with E-state index in [1.165, 1.54) is 25.7 Å². The van der Waals surface area contributed by atoms with Crippen LogP contribution >= 0.6 is 0 Å². The van der Waals surface area contributed by atoms with Gasteiger partial charge in [-0.05, 0) is 42.9 Å². The summed E-state index contributed by atoms with van der Waals surface area (Å²) in [7, 11) is 0. The van der Waals surface area contributed by atoms with Gasteiger partial charge in [-0.3, -0.25) is 9.59 Å². The van der Waals surface area contributed by atoms with Gasteiger partial charge >= 0.3 is 0 Å². The topological polar surface area (TPSA) is 69.6 Å². The van der Waals surface area contributed by atoms with Crippen molar-refractivity contribution in [2.75, 3.05) is 0 Å². The zero-order valence-corrected chi connectivity index (χ0v) is 17.5. The SMILES string of the molecule is CCC1C(=O)C2=C(NC(CC3CCCC3)N2Cc2ccc(O)cc2)C(CC)C1=O. The van der Waals surface area contributed by atoms with Crippen molar-refractivity contribution in [3.63, 3.8) is 0 Å². The van der Waals surface area contributed by atoms with Gasteiger partial charge in [0.2, 0.25) is 0 Å². The third kappa shape index (κ3) is 3.67. The first-order chi connectivity index (χ1) is 14.0. The smallest absolute Gasteiger partial charge is 0.191 e. The molecule has 1 fully saturated rings. The minimum absolute atomic E-state index is 0.0163. The van der Waals surface area contributed by atoms with E-state index in [9.17, 15) is 14.7 Å². The molecule has 1 aromatic carbocycles. The lowest BCUT2D eigenvalue weighted by Crippen LogP contribution is -2.41. The summed E-state index contributed by atoms with van der Waals surface area (Å²) in [5.74, 6) is 0.252. The predicted octanol–water partition coefficient (Wildman–Crippen LogP) is 4.12. The third-order valence-electron chi connectivity index (χ3n) is 6.96. The maximum atomic E-state index is 13.3. The van der Waals surface area contributed by atoms with Crippen LogP contribution in [0.4, 0.5) is 0 Å². The summed E-state index contributed by atoms with van der Waals surface area (Å²) in [5.41, 5.74) is 2.65. The molecule has 0 bridgehead atoms. The Morgan fingerprint density at radius 2 is 1.69 bits per heavy atom. The van der Waals surface area contributed by atoms with Crippen LogP contribution in [-0.2, 0) is 16.1 Å². The van der Waals surface area contributed by atoms with Gasteiger partial charge in [0.15, 0.2) is 11.6 Å². The molecule has 2 N–H and O–H groups in total. The summed E-state index contributed by atoms with van der Waals surface area (Å²) >= 11 is 0. The lowest BCUT2D eigenvalue weighted by atomic mass is 9.78. The fraction of sp³-hybridized carbons (Fsp3) is 0.583. The molecule has 1 heterocycles. The summed E-state index contributed by atoms with van der Waals surface area (Å²) in [6, 6.07) is 7.20. The molecule has 0 saturated heterocycles.